The molecule has 0 unspecified atom stereocenters. The molecule has 6 heteroatoms. The summed E-state index contributed by atoms with van der Waals surface area (Å²) in [5.41, 5.74) is 3.22. The van der Waals surface area contributed by atoms with Crippen molar-refractivity contribution < 1.29 is 9.59 Å². The number of halogens is 2. The van der Waals surface area contributed by atoms with Crippen LogP contribution in [0.4, 0.5) is 11.4 Å². The largest absolute Gasteiger partial charge is 0.324 e. The number of hydrogen-bond acceptors (Lipinski definition) is 2. The van der Waals surface area contributed by atoms with Gasteiger partial charge in [-0.05, 0) is 43.2 Å². The van der Waals surface area contributed by atoms with Gasteiger partial charge >= 0.3 is 0 Å². The molecule has 0 bridgehead atoms. The van der Waals surface area contributed by atoms with Crippen LogP contribution in [0.3, 0.4) is 0 Å². The molecule has 2 aromatic carbocycles. The number of amides is 2. The maximum Gasteiger partial charge on any atom is 0.244 e. The standard InChI is InChI=1S/C18H18Cl2N2O2/c1-11-5-4-6-12(2)18(11)21-17(24)10-22(13(3)23)14-7-8-15(19)16(20)9-14/h4-9H,10H2,1-3H3,(H,21,24). The van der Waals surface area contributed by atoms with Gasteiger partial charge in [0.25, 0.3) is 0 Å². The van der Waals surface area contributed by atoms with Crippen LogP contribution in [0.1, 0.15) is 18.1 Å². The Morgan fingerprint density at radius 1 is 1.04 bits per heavy atom. The van der Waals surface area contributed by atoms with Crippen LogP contribution in [-0.2, 0) is 9.59 Å². The summed E-state index contributed by atoms with van der Waals surface area (Å²) in [6, 6.07) is 10.6. The molecule has 0 heterocycles. The number of nitrogens with zero attached hydrogens (tertiary/aromatic N) is 1. The van der Waals surface area contributed by atoms with Crippen molar-refractivity contribution in [1.29, 1.82) is 0 Å². The lowest BCUT2D eigenvalue weighted by Gasteiger charge is -2.22. The quantitative estimate of drug-likeness (QED) is 0.861. The van der Waals surface area contributed by atoms with E-state index in [9.17, 15) is 9.59 Å². The van der Waals surface area contributed by atoms with E-state index in [0.717, 1.165) is 16.8 Å². The van der Waals surface area contributed by atoms with Gasteiger partial charge in [0.1, 0.15) is 6.54 Å². The Kier molecular flexibility index (Phi) is 5.86. The van der Waals surface area contributed by atoms with Gasteiger partial charge in [-0.15, -0.1) is 0 Å². The summed E-state index contributed by atoms with van der Waals surface area (Å²) in [4.78, 5) is 25.7. The van der Waals surface area contributed by atoms with E-state index in [2.05, 4.69) is 5.32 Å². The predicted octanol–water partition coefficient (Wildman–Crippen LogP) is 4.60. The van der Waals surface area contributed by atoms with E-state index in [4.69, 9.17) is 23.2 Å². The smallest absolute Gasteiger partial charge is 0.244 e. The highest BCUT2D eigenvalue weighted by atomic mass is 35.5. The summed E-state index contributed by atoms with van der Waals surface area (Å²) in [7, 11) is 0. The lowest BCUT2D eigenvalue weighted by molar-refractivity contribution is -0.120. The first kappa shape index (κ1) is 18.3. The fourth-order valence-corrected chi connectivity index (χ4v) is 2.66. The average molecular weight is 365 g/mol. The molecule has 0 aliphatic rings. The maximum atomic E-state index is 12.4. The Bertz CT molecular complexity index is 770. The highest BCUT2D eigenvalue weighted by molar-refractivity contribution is 6.42. The van der Waals surface area contributed by atoms with Crippen molar-refractivity contribution in [2.45, 2.75) is 20.8 Å². The van der Waals surface area contributed by atoms with Gasteiger partial charge in [0, 0.05) is 18.3 Å². The number of para-hydroxylation sites is 1. The van der Waals surface area contributed by atoms with Crippen molar-refractivity contribution in [2.75, 3.05) is 16.8 Å². The fourth-order valence-electron chi connectivity index (χ4n) is 2.37. The fraction of sp³-hybridized carbons (Fsp3) is 0.222. The molecule has 0 aromatic heterocycles. The first-order valence-electron chi connectivity index (χ1n) is 7.39. The molecule has 0 saturated carbocycles. The molecule has 0 spiro atoms. The Morgan fingerprint density at radius 2 is 1.67 bits per heavy atom. The predicted molar refractivity (Wildman–Crippen MR) is 99.0 cm³/mol. The van der Waals surface area contributed by atoms with Crippen molar-refractivity contribution >= 4 is 46.4 Å². The lowest BCUT2D eigenvalue weighted by atomic mass is 10.1. The first-order valence-corrected chi connectivity index (χ1v) is 8.14. The average Bonchev–Trinajstić information content (AvgIpc) is 2.51. The third kappa shape index (κ3) is 4.28. The molecule has 2 rings (SSSR count). The van der Waals surface area contributed by atoms with Crippen LogP contribution in [0.15, 0.2) is 36.4 Å². The molecule has 2 aromatic rings. The summed E-state index contributed by atoms with van der Waals surface area (Å²) in [6.45, 7) is 5.13. The van der Waals surface area contributed by atoms with Crippen LogP contribution in [0.5, 0.6) is 0 Å². The van der Waals surface area contributed by atoms with Crippen LogP contribution < -0.4 is 10.2 Å². The Morgan fingerprint density at radius 3 is 2.21 bits per heavy atom. The topological polar surface area (TPSA) is 49.4 Å². The van der Waals surface area contributed by atoms with Gasteiger partial charge in [-0.25, -0.2) is 0 Å². The molecule has 0 saturated heterocycles. The molecule has 1 N–H and O–H groups in total. The van der Waals surface area contributed by atoms with Gasteiger partial charge in [-0.2, -0.15) is 0 Å². The number of anilines is 2. The molecule has 0 atom stereocenters. The molecule has 2 amide bonds. The van der Waals surface area contributed by atoms with E-state index in [1.165, 1.54) is 11.8 Å². The third-order valence-electron chi connectivity index (χ3n) is 3.64. The van der Waals surface area contributed by atoms with Gasteiger partial charge in [0.05, 0.1) is 10.0 Å². The van der Waals surface area contributed by atoms with E-state index in [0.29, 0.717) is 15.7 Å². The van der Waals surface area contributed by atoms with Crippen LogP contribution >= 0.6 is 23.2 Å². The number of carbonyl (C=O) groups is 2. The van der Waals surface area contributed by atoms with Crippen molar-refractivity contribution in [1.82, 2.24) is 0 Å². The second-order valence-electron chi connectivity index (χ2n) is 5.52. The highest BCUT2D eigenvalue weighted by Gasteiger charge is 2.17. The van der Waals surface area contributed by atoms with E-state index >= 15 is 0 Å². The second kappa shape index (κ2) is 7.69. The zero-order chi connectivity index (χ0) is 17.9. The van der Waals surface area contributed by atoms with Crippen LogP contribution in [0.25, 0.3) is 0 Å². The summed E-state index contributed by atoms with van der Waals surface area (Å²) < 4.78 is 0. The second-order valence-corrected chi connectivity index (χ2v) is 6.33. The minimum Gasteiger partial charge on any atom is -0.324 e. The number of hydrogen-bond donors (Lipinski definition) is 1. The Balaban J connectivity index is 2.20. The summed E-state index contributed by atoms with van der Waals surface area (Å²) in [6.07, 6.45) is 0. The van der Waals surface area contributed by atoms with E-state index in [1.54, 1.807) is 18.2 Å². The van der Waals surface area contributed by atoms with Crippen molar-refractivity contribution in [3.05, 3.63) is 57.6 Å². The van der Waals surface area contributed by atoms with Crippen molar-refractivity contribution in [3.63, 3.8) is 0 Å². The van der Waals surface area contributed by atoms with E-state index in [1.807, 2.05) is 32.0 Å². The molecule has 24 heavy (non-hydrogen) atoms. The molecular weight excluding hydrogens is 347 g/mol. The van der Waals surface area contributed by atoms with Crippen molar-refractivity contribution in [2.24, 2.45) is 0 Å². The first-order chi connectivity index (χ1) is 11.3. The number of carbonyl (C=O) groups excluding carboxylic acids is 2. The SMILES string of the molecule is CC(=O)N(CC(=O)Nc1c(C)cccc1C)c1ccc(Cl)c(Cl)c1. The number of aryl methyl sites for hydroxylation is 2. The van der Waals surface area contributed by atoms with Gasteiger partial charge in [-0.1, -0.05) is 41.4 Å². The summed E-state index contributed by atoms with van der Waals surface area (Å²) >= 11 is 11.9. The number of nitrogens with one attached hydrogen (secondary N) is 1. The lowest BCUT2D eigenvalue weighted by Crippen LogP contribution is -2.36. The summed E-state index contributed by atoms with van der Waals surface area (Å²) in [5, 5.41) is 3.59. The molecule has 4 nitrogen and oxygen atoms in total. The normalized spacial score (nSPS) is 10.4. The highest BCUT2D eigenvalue weighted by Crippen LogP contribution is 2.27. The van der Waals surface area contributed by atoms with Crippen LogP contribution in [-0.4, -0.2) is 18.4 Å². The minimum atomic E-state index is -0.284. The molecular formula is C18H18Cl2N2O2. The monoisotopic (exact) mass is 364 g/mol. The van der Waals surface area contributed by atoms with Gasteiger partial charge in [0.2, 0.25) is 11.8 Å². The number of benzene rings is 2. The molecule has 0 radical (unpaired) electrons. The van der Waals surface area contributed by atoms with E-state index in [-0.39, 0.29) is 18.4 Å². The van der Waals surface area contributed by atoms with Gasteiger partial charge in [0.15, 0.2) is 0 Å². The maximum absolute atomic E-state index is 12.4. The van der Waals surface area contributed by atoms with Gasteiger partial charge < -0.3 is 10.2 Å². The zero-order valence-corrected chi connectivity index (χ0v) is 15.2. The van der Waals surface area contributed by atoms with Gasteiger partial charge in [-0.3, -0.25) is 9.59 Å². The van der Waals surface area contributed by atoms with Crippen LogP contribution in [0, 0.1) is 13.8 Å². The molecule has 0 aliphatic heterocycles. The Labute approximate surface area is 151 Å². The van der Waals surface area contributed by atoms with E-state index < -0.39 is 0 Å². The van der Waals surface area contributed by atoms with Crippen molar-refractivity contribution in [3.8, 4) is 0 Å². The molecule has 126 valence electrons. The minimum absolute atomic E-state index is 0.110. The third-order valence-corrected chi connectivity index (χ3v) is 4.38. The number of rotatable bonds is 4. The molecule has 0 fully saturated rings. The van der Waals surface area contributed by atoms with Crippen LogP contribution in [0.2, 0.25) is 10.0 Å². The zero-order valence-electron chi connectivity index (χ0n) is 13.7. The summed E-state index contributed by atoms with van der Waals surface area (Å²) in [5.74, 6) is -0.543. The Hall–Kier alpha value is -2.04. The molecule has 0 aliphatic carbocycles.